The molecule has 0 bridgehead atoms. The first-order chi connectivity index (χ1) is 8.58. The van der Waals surface area contributed by atoms with E-state index in [2.05, 4.69) is 10.00 Å². The number of hydrogen-bond acceptors (Lipinski definition) is 4. The smallest absolute Gasteiger partial charge is 0.261 e. The van der Waals surface area contributed by atoms with Gasteiger partial charge in [0.2, 0.25) is 0 Å². The molecule has 1 atom stereocenters. The Balaban J connectivity index is 1.92. The first kappa shape index (κ1) is 13.5. The number of likely N-dealkylation sites (N-methyl/N-ethyl adjacent to an activating group) is 1. The van der Waals surface area contributed by atoms with Crippen LogP contribution in [-0.2, 0) is 23.1 Å². The fraction of sp³-hybridized carbons (Fsp3) is 0.700. The number of ether oxygens (including phenoxy) is 1. The molecular weight excluding hydrogens is 256 g/mol. The minimum Gasteiger partial charge on any atom is -0.378 e. The van der Waals surface area contributed by atoms with Crippen molar-refractivity contribution in [3.63, 3.8) is 0 Å². The van der Waals surface area contributed by atoms with E-state index >= 15 is 0 Å². The Hall–Kier alpha value is -0.960. The Bertz CT molecular complexity index is 421. The molecule has 1 aromatic heterocycles. The van der Waals surface area contributed by atoms with Gasteiger partial charge in [0.25, 0.3) is 11.3 Å². The number of nitrogens with zero attached hydrogens (tertiary/aromatic N) is 4. The Morgan fingerprint density at radius 2 is 2.33 bits per heavy atom. The summed E-state index contributed by atoms with van der Waals surface area (Å²) in [6, 6.07) is 0.424. The maximum absolute atomic E-state index is 11.3. The number of anilines is 1. The number of aromatic nitrogens is 2. The normalized spacial score (nSPS) is 17.8. The molecule has 0 amide bonds. The highest BCUT2D eigenvalue weighted by atomic mass is 32.2. The predicted octanol–water partition coefficient (Wildman–Crippen LogP) is -0.306. The zero-order valence-corrected chi connectivity index (χ0v) is 11.3. The molecule has 8 heteroatoms. The van der Waals surface area contributed by atoms with Gasteiger partial charge in [-0.1, -0.05) is 0 Å². The van der Waals surface area contributed by atoms with Crippen LogP contribution in [-0.4, -0.2) is 62.8 Å². The molecule has 2 heterocycles. The zero-order chi connectivity index (χ0) is 13.1. The largest absolute Gasteiger partial charge is 0.378 e. The van der Waals surface area contributed by atoms with Gasteiger partial charge in [-0.15, -0.1) is 0 Å². The van der Waals surface area contributed by atoms with Crippen LogP contribution in [0.5, 0.6) is 0 Å². The summed E-state index contributed by atoms with van der Waals surface area (Å²) in [5.74, 6) is 0. The lowest BCUT2D eigenvalue weighted by Gasteiger charge is -2.35. The average molecular weight is 274 g/mol. The van der Waals surface area contributed by atoms with Gasteiger partial charge in [-0.05, 0) is 7.05 Å². The molecule has 2 rings (SSSR count). The maximum atomic E-state index is 11.3. The van der Waals surface area contributed by atoms with Crippen molar-refractivity contribution < 1.29 is 13.5 Å². The minimum atomic E-state index is -2.03. The Morgan fingerprint density at radius 1 is 1.61 bits per heavy atom. The Kier molecular flexibility index (Phi) is 4.33. The molecule has 1 aromatic rings. The van der Waals surface area contributed by atoms with E-state index in [4.69, 9.17) is 4.74 Å². The molecule has 1 saturated heterocycles. The highest BCUT2D eigenvalue weighted by Crippen LogP contribution is 2.14. The lowest BCUT2D eigenvalue weighted by molar-refractivity contribution is -0.0548. The van der Waals surface area contributed by atoms with E-state index in [1.807, 2.05) is 7.05 Å². The van der Waals surface area contributed by atoms with Gasteiger partial charge in [0.05, 0.1) is 31.1 Å². The molecule has 0 aliphatic carbocycles. The van der Waals surface area contributed by atoms with Gasteiger partial charge in [-0.2, -0.15) is 5.10 Å². The molecule has 1 fully saturated rings. The number of aryl methyl sites for hydroxylation is 1. The van der Waals surface area contributed by atoms with Crippen LogP contribution in [0.25, 0.3) is 0 Å². The van der Waals surface area contributed by atoms with Crippen molar-refractivity contribution >= 4 is 17.0 Å². The standard InChI is InChI=1S/C10H18N4O3S/c1-12(10-7-17-8-10)3-4-14(18(15)16)9-5-11-13(2)6-9/h5-6,10H,3-4,7-8H2,1-2H3,(H,15,16). The highest BCUT2D eigenvalue weighted by Gasteiger charge is 2.24. The van der Waals surface area contributed by atoms with Crippen molar-refractivity contribution in [1.82, 2.24) is 14.7 Å². The SMILES string of the molecule is CN(CCN(c1cnn(C)c1)S(=O)O)C1COC1. The molecule has 18 heavy (non-hydrogen) atoms. The molecule has 0 saturated carbocycles. The van der Waals surface area contributed by atoms with E-state index < -0.39 is 11.3 Å². The number of hydrogen-bond donors (Lipinski definition) is 1. The van der Waals surface area contributed by atoms with Crippen LogP contribution < -0.4 is 4.31 Å². The first-order valence-corrected chi connectivity index (χ1v) is 6.79. The molecule has 1 aliphatic rings. The van der Waals surface area contributed by atoms with Crippen molar-refractivity contribution in [3.05, 3.63) is 12.4 Å². The van der Waals surface area contributed by atoms with E-state index in [0.29, 0.717) is 24.8 Å². The van der Waals surface area contributed by atoms with E-state index in [9.17, 15) is 8.76 Å². The second-order valence-electron chi connectivity index (χ2n) is 4.38. The average Bonchev–Trinajstić information content (AvgIpc) is 2.62. The van der Waals surface area contributed by atoms with Crippen LogP contribution in [0.15, 0.2) is 12.4 Å². The van der Waals surface area contributed by atoms with Crippen molar-refractivity contribution in [2.45, 2.75) is 6.04 Å². The molecule has 1 aliphatic heterocycles. The van der Waals surface area contributed by atoms with E-state index in [1.165, 1.54) is 4.31 Å². The van der Waals surface area contributed by atoms with Crippen LogP contribution in [0, 0.1) is 0 Å². The first-order valence-electron chi connectivity index (χ1n) is 5.73. The van der Waals surface area contributed by atoms with Gasteiger partial charge in [0, 0.05) is 26.3 Å². The molecule has 0 radical (unpaired) electrons. The van der Waals surface area contributed by atoms with Gasteiger partial charge in [0.15, 0.2) is 0 Å². The fourth-order valence-corrected chi connectivity index (χ4v) is 2.26. The van der Waals surface area contributed by atoms with Gasteiger partial charge in [-0.3, -0.25) is 18.4 Å². The second kappa shape index (κ2) is 5.79. The van der Waals surface area contributed by atoms with Crippen molar-refractivity contribution in [2.75, 3.05) is 37.7 Å². The monoisotopic (exact) mass is 274 g/mol. The number of rotatable bonds is 6. The van der Waals surface area contributed by atoms with Crippen LogP contribution in [0.1, 0.15) is 0 Å². The quantitative estimate of drug-likeness (QED) is 0.721. The molecule has 0 aromatic carbocycles. The van der Waals surface area contributed by atoms with Crippen LogP contribution in [0.2, 0.25) is 0 Å². The lowest BCUT2D eigenvalue weighted by Crippen LogP contribution is -2.49. The molecule has 1 unspecified atom stereocenters. The maximum Gasteiger partial charge on any atom is 0.261 e. The fourth-order valence-electron chi connectivity index (χ4n) is 1.74. The van der Waals surface area contributed by atoms with Crippen molar-refractivity contribution in [1.29, 1.82) is 0 Å². The van der Waals surface area contributed by atoms with Crippen molar-refractivity contribution in [3.8, 4) is 0 Å². The van der Waals surface area contributed by atoms with Gasteiger partial charge in [-0.25, -0.2) is 4.21 Å². The van der Waals surface area contributed by atoms with Crippen LogP contribution in [0.4, 0.5) is 5.69 Å². The predicted molar refractivity (Wildman–Crippen MR) is 68.6 cm³/mol. The van der Waals surface area contributed by atoms with Gasteiger partial charge in [0.1, 0.15) is 0 Å². The Labute approximate surface area is 109 Å². The van der Waals surface area contributed by atoms with Gasteiger partial charge >= 0.3 is 0 Å². The van der Waals surface area contributed by atoms with Gasteiger partial charge < -0.3 is 4.74 Å². The molecule has 1 N–H and O–H groups in total. The minimum absolute atomic E-state index is 0.424. The van der Waals surface area contributed by atoms with E-state index in [-0.39, 0.29) is 0 Å². The summed E-state index contributed by atoms with van der Waals surface area (Å²) in [5.41, 5.74) is 0.650. The van der Waals surface area contributed by atoms with E-state index in [0.717, 1.165) is 13.2 Å². The van der Waals surface area contributed by atoms with Crippen molar-refractivity contribution in [2.24, 2.45) is 7.05 Å². The molecule has 0 spiro atoms. The summed E-state index contributed by atoms with van der Waals surface area (Å²) in [5, 5.41) is 4.01. The van der Waals surface area contributed by atoms with E-state index in [1.54, 1.807) is 24.1 Å². The third kappa shape index (κ3) is 3.08. The molecule has 7 nitrogen and oxygen atoms in total. The summed E-state index contributed by atoms with van der Waals surface area (Å²) in [4.78, 5) is 2.14. The second-order valence-corrected chi connectivity index (χ2v) is 5.28. The Morgan fingerprint density at radius 3 is 2.78 bits per heavy atom. The third-order valence-corrected chi connectivity index (χ3v) is 3.84. The summed E-state index contributed by atoms with van der Waals surface area (Å²) in [7, 11) is 3.77. The molecule has 102 valence electrons. The van der Waals surface area contributed by atoms with Crippen LogP contribution in [0.3, 0.4) is 0 Å². The summed E-state index contributed by atoms with van der Waals surface area (Å²) >= 11 is -2.03. The summed E-state index contributed by atoms with van der Waals surface area (Å²) in [6.07, 6.45) is 3.31. The summed E-state index contributed by atoms with van der Waals surface area (Å²) in [6.45, 7) is 2.66. The van der Waals surface area contributed by atoms with Crippen LogP contribution >= 0.6 is 0 Å². The lowest BCUT2D eigenvalue weighted by atomic mass is 10.2. The highest BCUT2D eigenvalue weighted by molar-refractivity contribution is 7.80. The summed E-state index contributed by atoms with van der Waals surface area (Å²) < 4.78 is 28.8. The molecular formula is C10H18N4O3S. The third-order valence-electron chi connectivity index (χ3n) is 3.07. The topological polar surface area (TPSA) is 70.8 Å². The zero-order valence-electron chi connectivity index (χ0n) is 10.5.